The molecule has 3 heteroatoms. The summed E-state index contributed by atoms with van der Waals surface area (Å²) in [6.45, 7) is 0. The standard InChI is InChI=1S/C17H16O3/c1-20-16-9-10-17(19)14(11-16)8-4-7-13-5-2-3-6-15(13)12-18/h2-7,9-12,19H,8H2,1H3/b7-4+. The van der Waals surface area contributed by atoms with Crippen LogP contribution in [0.4, 0.5) is 0 Å². The molecule has 2 rings (SSSR count). The van der Waals surface area contributed by atoms with Crippen LogP contribution in [0.25, 0.3) is 6.08 Å². The molecule has 102 valence electrons. The molecule has 0 aliphatic rings. The predicted molar refractivity (Wildman–Crippen MR) is 79.2 cm³/mol. The normalized spacial score (nSPS) is 10.7. The molecule has 2 aromatic carbocycles. The molecule has 0 amide bonds. The molecular formula is C17H16O3. The van der Waals surface area contributed by atoms with Gasteiger partial charge >= 0.3 is 0 Å². The highest BCUT2D eigenvalue weighted by atomic mass is 16.5. The van der Waals surface area contributed by atoms with Gasteiger partial charge in [-0.05, 0) is 30.2 Å². The average molecular weight is 268 g/mol. The molecule has 2 aromatic rings. The zero-order chi connectivity index (χ0) is 14.4. The Bertz CT molecular complexity index is 630. The highest BCUT2D eigenvalue weighted by molar-refractivity contribution is 5.81. The minimum atomic E-state index is 0.235. The maximum Gasteiger partial charge on any atom is 0.150 e. The Balaban J connectivity index is 2.15. The van der Waals surface area contributed by atoms with Gasteiger partial charge in [0.15, 0.2) is 6.29 Å². The van der Waals surface area contributed by atoms with Gasteiger partial charge in [-0.2, -0.15) is 0 Å². The maximum absolute atomic E-state index is 10.9. The van der Waals surface area contributed by atoms with Crippen LogP contribution in [0.1, 0.15) is 21.5 Å². The van der Waals surface area contributed by atoms with Crippen molar-refractivity contribution in [2.24, 2.45) is 0 Å². The molecule has 0 atom stereocenters. The van der Waals surface area contributed by atoms with Crippen molar-refractivity contribution in [3.63, 3.8) is 0 Å². The molecule has 1 N–H and O–H groups in total. The van der Waals surface area contributed by atoms with Crippen LogP contribution in [0, 0.1) is 0 Å². The number of phenolic OH excluding ortho intramolecular Hbond substituents is 1. The number of allylic oxidation sites excluding steroid dienone is 1. The first-order valence-corrected chi connectivity index (χ1v) is 6.31. The van der Waals surface area contributed by atoms with Gasteiger partial charge in [-0.25, -0.2) is 0 Å². The monoisotopic (exact) mass is 268 g/mol. The summed E-state index contributed by atoms with van der Waals surface area (Å²) in [6.07, 6.45) is 5.19. The molecule has 0 spiro atoms. The molecule has 0 aliphatic carbocycles. The second kappa shape index (κ2) is 6.57. The molecule has 0 heterocycles. The number of rotatable bonds is 5. The van der Waals surface area contributed by atoms with Crippen LogP contribution in [-0.2, 0) is 6.42 Å². The number of carbonyl (C=O) groups is 1. The number of phenols is 1. The first kappa shape index (κ1) is 13.9. The topological polar surface area (TPSA) is 46.5 Å². The van der Waals surface area contributed by atoms with Crippen LogP contribution in [0.3, 0.4) is 0 Å². The second-order valence-corrected chi connectivity index (χ2v) is 4.35. The second-order valence-electron chi connectivity index (χ2n) is 4.35. The molecule has 0 fully saturated rings. The Kier molecular flexibility index (Phi) is 4.56. The van der Waals surface area contributed by atoms with Crippen molar-refractivity contribution in [2.75, 3.05) is 7.11 Å². The zero-order valence-corrected chi connectivity index (χ0v) is 11.2. The zero-order valence-electron chi connectivity index (χ0n) is 11.2. The summed E-state index contributed by atoms with van der Waals surface area (Å²) in [5, 5.41) is 9.78. The molecule has 0 bridgehead atoms. The van der Waals surface area contributed by atoms with Crippen molar-refractivity contribution in [1.29, 1.82) is 0 Å². The third kappa shape index (κ3) is 3.26. The van der Waals surface area contributed by atoms with E-state index >= 15 is 0 Å². The van der Waals surface area contributed by atoms with Crippen molar-refractivity contribution in [2.45, 2.75) is 6.42 Å². The van der Waals surface area contributed by atoms with E-state index in [1.54, 1.807) is 31.4 Å². The molecule has 0 aromatic heterocycles. The molecule has 0 unspecified atom stereocenters. The van der Waals surface area contributed by atoms with E-state index in [1.807, 2.05) is 30.4 Å². The van der Waals surface area contributed by atoms with Crippen LogP contribution < -0.4 is 4.74 Å². The lowest BCUT2D eigenvalue weighted by Gasteiger charge is -2.05. The number of benzene rings is 2. The van der Waals surface area contributed by atoms with Crippen LogP contribution in [0.2, 0.25) is 0 Å². The fourth-order valence-corrected chi connectivity index (χ4v) is 1.94. The third-order valence-corrected chi connectivity index (χ3v) is 3.04. The van der Waals surface area contributed by atoms with Crippen LogP contribution in [0.15, 0.2) is 48.5 Å². The number of carbonyl (C=O) groups excluding carboxylic acids is 1. The van der Waals surface area contributed by atoms with Gasteiger partial charge in [0, 0.05) is 11.1 Å². The molecule has 0 saturated carbocycles. The Morgan fingerprint density at radius 2 is 1.90 bits per heavy atom. The van der Waals surface area contributed by atoms with Crippen molar-refractivity contribution in [1.82, 2.24) is 0 Å². The number of aromatic hydroxyl groups is 1. The summed E-state index contributed by atoms with van der Waals surface area (Å²) in [5.41, 5.74) is 2.30. The van der Waals surface area contributed by atoms with Gasteiger partial charge in [0.1, 0.15) is 11.5 Å². The lowest BCUT2D eigenvalue weighted by molar-refractivity contribution is 0.112. The number of hydrogen-bond acceptors (Lipinski definition) is 3. The number of hydrogen-bond donors (Lipinski definition) is 1. The first-order chi connectivity index (χ1) is 9.74. The van der Waals surface area contributed by atoms with Crippen LogP contribution in [0.5, 0.6) is 11.5 Å². The molecule has 20 heavy (non-hydrogen) atoms. The first-order valence-electron chi connectivity index (χ1n) is 6.31. The fourth-order valence-electron chi connectivity index (χ4n) is 1.94. The van der Waals surface area contributed by atoms with E-state index < -0.39 is 0 Å². The summed E-state index contributed by atoms with van der Waals surface area (Å²) in [4.78, 5) is 10.9. The van der Waals surface area contributed by atoms with Gasteiger partial charge in [0.2, 0.25) is 0 Å². The minimum absolute atomic E-state index is 0.235. The molecule has 0 saturated heterocycles. The summed E-state index contributed by atoms with van der Waals surface area (Å²) < 4.78 is 5.13. The van der Waals surface area contributed by atoms with Gasteiger partial charge in [-0.15, -0.1) is 0 Å². The fraction of sp³-hybridized carbons (Fsp3) is 0.118. The van der Waals surface area contributed by atoms with Gasteiger partial charge in [-0.3, -0.25) is 4.79 Å². The molecular weight excluding hydrogens is 252 g/mol. The van der Waals surface area contributed by atoms with Crippen LogP contribution in [-0.4, -0.2) is 18.5 Å². The smallest absolute Gasteiger partial charge is 0.150 e. The SMILES string of the molecule is COc1ccc(O)c(C/C=C/c2ccccc2C=O)c1. The summed E-state index contributed by atoms with van der Waals surface area (Å²) in [5.74, 6) is 0.943. The Morgan fingerprint density at radius 3 is 2.60 bits per heavy atom. The van der Waals surface area contributed by atoms with E-state index in [9.17, 15) is 9.90 Å². The quantitative estimate of drug-likeness (QED) is 0.845. The Labute approximate surface area is 118 Å². The van der Waals surface area contributed by atoms with Crippen molar-refractivity contribution in [3.8, 4) is 11.5 Å². The van der Waals surface area contributed by atoms with Crippen molar-refractivity contribution >= 4 is 12.4 Å². The summed E-state index contributed by atoms with van der Waals surface area (Å²) in [7, 11) is 1.59. The van der Waals surface area contributed by atoms with E-state index in [0.717, 1.165) is 17.4 Å². The van der Waals surface area contributed by atoms with Gasteiger partial charge < -0.3 is 9.84 Å². The number of aldehydes is 1. The predicted octanol–water partition coefficient (Wildman–Crippen LogP) is 3.47. The molecule has 0 radical (unpaired) electrons. The summed E-state index contributed by atoms with van der Waals surface area (Å²) in [6, 6.07) is 12.5. The highest BCUT2D eigenvalue weighted by Crippen LogP contribution is 2.23. The van der Waals surface area contributed by atoms with Crippen molar-refractivity contribution < 1.29 is 14.6 Å². The average Bonchev–Trinajstić information content (AvgIpc) is 2.49. The van der Waals surface area contributed by atoms with Gasteiger partial charge in [0.05, 0.1) is 7.11 Å². The van der Waals surface area contributed by atoms with Gasteiger partial charge in [0.25, 0.3) is 0 Å². The lowest BCUT2D eigenvalue weighted by atomic mass is 10.1. The van der Waals surface area contributed by atoms with E-state index in [0.29, 0.717) is 17.7 Å². The Morgan fingerprint density at radius 1 is 1.15 bits per heavy atom. The van der Waals surface area contributed by atoms with E-state index in [2.05, 4.69) is 0 Å². The lowest BCUT2D eigenvalue weighted by Crippen LogP contribution is -1.88. The Hall–Kier alpha value is -2.55. The highest BCUT2D eigenvalue weighted by Gasteiger charge is 2.01. The summed E-state index contributed by atoms with van der Waals surface area (Å²) >= 11 is 0. The maximum atomic E-state index is 10.9. The number of ether oxygens (including phenoxy) is 1. The van der Waals surface area contributed by atoms with E-state index in [-0.39, 0.29) is 5.75 Å². The third-order valence-electron chi connectivity index (χ3n) is 3.04. The van der Waals surface area contributed by atoms with E-state index in [4.69, 9.17) is 4.74 Å². The molecule has 0 aliphatic heterocycles. The van der Waals surface area contributed by atoms with Gasteiger partial charge in [-0.1, -0.05) is 36.4 Å². The minimum Gasteiger partial charge on any atom is -0.508 e. The molecule has 3 nitrogen and oxygen atoms in total. The largest absolute Gasteiger partial charge is 0.508 e. The van der Waals surface area contributed by atoms with E-state index in [1.165, 1.54) is 0 Å². The van der Waals surface area contributed by atoms with Crippen LogP contribution >= 0.6 is 0 Å². The number of methoxy groups -OCH3 is 1. The van der Waals surface area contributed by atoms with Crippen molar-refractivity contribution in [3.05, 3.63) is 65.2 Å².